The van der Waals surface area contributed by atoms with Gasteiger partial charge in [0.15, 0.2) is 0 Å². The first-order valence-corrected chi connectivity index (χ1v) is 13.1. The van der Waals surface area contributed by atoms with Crippen molar-refractivity contribution in [2.45, 2.75) is 76.2 Å². The van der Waals surface area contributed by atoms with Gasteiger partial charge in [-0.25, -0.2) is 0 Å². The van der Waals surface area contributed by atoms with E-state index in [0.717, 1.165) is 32.1 Å². The number of amides is 2. The molecule has 1 saturated carbocycles. The lowest BCUT2D eigenvalue weighted by Gasteiger charge is -2.54. The van der Waals surface area contributed by atoms with E-state index < -0.39 is 10.2 Å². The predicted molar refractivity (Wildman–Crippen MR) is 119 cm³/mol. The number of rotatable bonds is 4. The summed E-state index contributed by atoms with van der Waals surface area (Å²) in [4.78, 5) is 29.7. The quantitative estimate of drug-likeness (QED) is 0.610. The minimum atomic E-state index is -3.46. The van der Waals surface area contributed by atoms with Crippen molar-refractivity contribution in [3.05, 3.63) is 0 Å². The van der Waals surface area contributed by atoms with E-state index in [1.54, 1.807) is 21.0 Å². The lowest BCUT2D eigenvalue weighted by atomic mass is 9.75. The van der Waals surface area contributed by atoms with Gasteiger partial charge in [-0.1, -0.05) is 0 Å². The van der Waals surface area contributed by atoms with Crippen LogP contribution in [0, 0.1) is 5.92 Å². The van der Waals surface area contributed by atoms with Gasteiger partial charge in [-0.3, -0.25) is 14.9 Å². The highest BCUT2D eigenvalue weighted by atomic mass is 32.2. The lowest BCUT2D eigenvalue weighted by molar-refractivity contribution is -0.160. The van der Waals surface area contributed by atoms with Crippen LogP contribution in [-0.2, 0) is 24.5 Å². The maximum absolute atomic E-state index is 13.4. The van der Waals surface area contributed by atoms with Crippen LogP contribution in [0.3, 0.4) is 0 Å². The van der Waals surface area contributed by atoms with Crippen molar-refractivity contribution < 1.29 is 22.7 Å². The molecule has 3 aliphatic heterocycles. The maximum atomic E-state index is 13.4. The molecule has 0 spiro atoms. The SMILES string of the molecule is CC(=O)N1C2CCC(C3CN(S(=O)(=O)N(C)C)CN3)CC2N(C(=O)C2CCCO2)C[C@@H]1C. The van der Waals surface area contributed by atoms with Crippen molar-refractivity contribution in [1.82, 2.24) is 23.7 Å². The van der Waals surface area contributed by atoms with Gasteiger partial charge in [-0.15, -0.1) is 0 Å². The highest BCUT2D eigenvalue weighted by Gasteiger charge is 2.49. The number of nitrogens with zero attached hydrogens (tertiary/aromatic N) is 4. The molecular weight excluding hydrogens is 434 g/mol. The van der Waals surface area contributed by atoms with Crippen LogP contribution in [0.25, 0.3) is 0 Å². The van der Waals surface area contributed by atoms with Crippen LogP contribution >= 0.6 is 0 Å². The van der Waals surface area contributed by atoms with Gasteiger partial charge in [-0.2, -0.15) is 17.0 Å². The van der Waals surface area contributed by atoms with Crippen LogP contribution in [0.4, 0.5) is 0 Å². The molecule has 3 saturated heterocycles. The zero-order valence-corrected chi connectivity index (χ0v) is 20.4. The third-order valence-electron chi connectivity index (χ3n) is 7.65. The predicted octanol–water partition coefficient (Wildman–Crippen LogP) is -0.180. The minimum absolute atomic E-state index is 0.000803. The van der Waals surface area contributed by atoms with Crippen LogP contribution in [0.1, 0.15) is 46.0 Å². The van der Waals surface area contributed by atoms with Crippen LogP contribution in [0.2, 0.25) is 0 Å². The van der Waals surface area contributed by atoms with Gasteiger partial charge in [-0.05, 0) is 44.9 Å². The number of ether oxygens (including phenoxy) is 1. The number of carbonyl (C=O) groups is 2. The molecule has 3 heterocycles. The summed E-state index contributed by atoms with van der Waals surface area (Å²) >= 11 is 0. The van der Waals surface area contributed by atoms with Crippen molar-refractivity contribution >= 4 is 22.0 Å². The molecule has 0 aromatic heterocycles. The molecule has 4 rings (SSSR count). The highest BCUT2D eigenvalue weighted by Crippen LogP contribution is 2.38. The number of piperazine rings is 1. The van der Waals surface area contributed by atoms with Crippen LogP contribution in [0.15, 0.2) is 0 Å². The molecule has 0 aromatic carbocycles. The van der Waals surface area contributed by atoms with E-state index in [-0.39, 0.29) is 48.0 Å². The Morgan fingerprint density at radius 2 is 1.84 bits per heavy atom. The van der Waals surface area contributed by atoms with Gasteiger partial charge >= 0.3 is 0 Å². The van der Waals surface area contributed by atoms with Crippen molar-refractivity contribution in [3.63, 3.8) is 0 Å². The Morgan fingerprint density at radius 1 is 1.09 bits per heavy atom. The summed E-state index contributed by atoms with van der Waals surface area (Å²) in [5.41, 5.74) is 0. The molecule has 2 amide bonds. The Kier molecular flexibility index (Phi) is 6.84. The molecule has 0 radical (unpaired) electrons. The minimum Gasteiger partial charge on any atom is -0.368 e. The summed E-state index contributed by atoms with van der Waals surface area (Å²) in [6, 6.07) is -0.0517. The number of fused-ring (bicyclic) bond motifs is 1. The zero-order chi connectivity index (χ0) is 23.2. The van der Waals surface area contributed by atoms with E-state index in [0.29, 0.717) is 26.4 Å². The maximum Gasteiger partial charge on any atom is 0.282 e. The summed E-state index contributed by atoms with van der Waals surface area (Å²) in [6.45, 7) is 5.49. The van der Waals surface area contributed by atoms with E-state index in [2.05, 4.69) is 5.32 Å². The van der Waals surface area contributed by atoms with Crippen molar-refractivity contribution in [2.75, 3.05) is 40.5 Å². The first-order chi connectivity index (χ1) is 15.1. The average Bonchev–Trinajstić information content (AvgIpc) is 3.44. The third-order valence-corrected chi connectivity index (χ3v) is 9.51. The molecule has 1 aliphatic carbocycles. The van der Waals surface area contributed by atoms with Gasteiger partial charge in [0, 0.05) is 52.8 Å². The van der Waals surface area contributed by atoms with Crippen LogP contribution in [-0.4, -0.2) is 109 Å². The molecule has 0 bridgehead atoms. The molecular formula is C21H37N5O5S. The Balaban J connectivity index is 1.52. The molecule has 11 heteroatoms. The first-order valence-electron chi connectivity index (χ1n) is 11.7. The topological polar surface area (TPSA) is 103 Å². The fourth-order valence-electron chi connectivity index (χ4n) is 6.07. The van der Waals surface area contributed by atoms with E-state index in [1.807, 2.05) is 16.7 Å². The molecule has 6 atom stereocenters. The average molecular weight is 472 g/mol. The van der Waals surface area contributed by atoms with Crippen LogP contribution < -0.4 is 5.32 Å². The van der Waals surface area contributed by atoms with E-state index in [9.17, 15) is 18.0 Å². The normalized spacial score (nSPS) is 36.5. The van der Waals surface area contributed by atoms with Gasteiger partial charge < -0.3 is 14.5 Å². The second-order valence-electron chi connectivity index (χ2n) is 9.87. The van der Waals surface area contributed by atoms with Gasteiger partial charge in [0.05, 0.1) is 18.8 Å². The molecule has 10 nitrogen and oxygen atoms in total. The molecule has 5 unspecified atom stereocenters. The van der Waals surface area contributed by atoms with Crippen molar-refractivity contribution in [1.29, 1.82) is 0 Å². The molecule has 4 fully saturated rings. The number of nitrogens with one attached hydrogen (secondary N) is 1. The largest absolute Gasteiger partial charge is 0.368 e. The summed E-state index contributed by atoms with van der Waals surface area (Å²) in [5.74, 6) is 0.336. The Bertz CT molecular complexity index is 830. The Hall–Kier alpha value is -1.27. The van der Waals surface area contributed by atoms with Crippen molar-refractivity contribution in [3.8, 4) is 0 Å². The molecule has 182 valence electrons. The second kappa shape index (κ2) is 9.17. The summed E-state index contributed by atoms with van der Waals surface area (Å²) in [5, 5.41) is 3.39. The summed E-state index contributed by atoms with van der Waals surface area (Å²) < 4.78 is 33.5. The Labute approximate surface area is 191 Å². The molecule has 1 N–H and O–H groups in total. The van der Waals surface area contributed by atoms with E-state index in [1.165, 1.54) is 8.61 Å². The smallest absolute Gasteiger partial charge is 0.282 e. The van der Waals surface area contributed by atoms with E-state index >= 15 is 0 Å². The summed E-state index contributed by atoms with van der Waals surface area (Å²) in [6.07, 6.45) is 3.74. The second-order valence-corrected chi connectivity index (χ2v) is 12.0. The third kappa shape index (κ3) is 4.29. The fraction of sp³-hybridized carbons (Fsp3) is 0.905. The highest BCUT2D eigenvalue weighted by molar-refractivity contribution is 7.86. The monoisotopic (exact) mass is 471 g/mol. The van der Waals surface area contributed by atoms with E-state index in [4.69, 9.17) is 4.74 Å². The van der Waals surface area contributed by atoms with Gasteiger partial charge in [0.25, 0.3) is 16.1 Å². The summed E-state index contributed by atoms with van der Waals surface area (Å²) in [7, 11) is -0.377. The number of hydrogen-bond donors (Lipinski definition) is 1. The molecule has 0 aromatic rings. The standard InChI is InChI=1S/C21H37N5O5S/c1-14-11-25(21(28)20-6-5-9-31-20)19-10-16(7-8-18(19)26(14)15(2)27)17-12-24(13-22-17)32(29,30)23(3)4/h14,16-20,22H,5-13H2,1-4H3/t14-,16?,17?,18?,19?,20?/m0/s1. The Morgan fingerprint density at radius 3 is 2.47 bits per heavy atom. The fourth-order valence-corrected chi connectivity index (χ4v) is 7.12. The van der Waals surface area contributed by atoms with Gasteiger partial charge in [0.1, 0.15) is 6.10 Å². The first kappa shape index (κ1) is 23.9. The number of hydrogen-bond acceptors (Lipinski definition) is 6. The molecule has 4 aliphatic rings. The lowest BCUT2D eigenvalue weighted by Crippen LogP contribution is -2.68. The zero-order valence-electron chi connectivity index (χ0n) is 19.6. The number of carbonyl (C=O) groups excluding carboxylic acids is 2. The van der Waals surface area contributed by atoms with Gasteiger partial charge in [0.2, 0.25) is 5.91 Å². The van der Waals surface area contributed by atoms with Crippen LogP contribution in [0.5, 0.6) is 0 Å². The van der Waals surface area contributed by atoms with Crippen molar-refractivity contribution in [2.24, 2.45) is 5.92 Å². The molecule has 32 heavy (non-hydrogen) atoms.